The zero-order valence-corrected chi connectivity index (χ0v) is 32.4. The molecule has 4 aromatic rings. The van der Waals surface area contributed by atoms with E-state index in [1.807, 2.05) is 11.1 Å². The van der Waals surface area contributed by atoms with E-state index in [0.29, 0.717) is 7.25 Å². The number of benzene rings is 4. The van der Waals surface area contributed by atoms with Gasteiger partial charge in [0.25, 0.3) is 0 Å². The van der Waals surface area contributed by atoms with Crippen LogP contribution in [0.3, 0.4) is 0 Å². The first kappa shape index (κ1) is 32.0. The molecule has 0 fully saturated rings. The van der Waals surface area contributed by atoms with E-state index >= 15 is 0 Å². The van der Waals surface area contributed by atoms with Crippen LogP contribution in [-0.2, 0) is 36.1 Å². The van der Waals surface area contributed by atoms with Gasteiger partial charge in [0.15, 0.2) is 0 Å². The number of hydrogen-bond acceptors (Lipinski definition) is 0. The summed E-state index contributed by atoms with van der Waals surface area (Å²) in [5.74, 6) is 0. The number of allylic oxidation sites excluding steroid dienone is 2. The molecule has 0 saturated carbocycles. The normalized spacial score (nSPS) is 19.1. The van der Waals surface area contributed by atoms with E-state index in [1.165, 1.54) is 84.7 Å². The van der Waals surface area contributed by atoms with Crippen molar-refractivity contribution in [1.29, 1.82) is 0 Å². The standard InChI is InChI=1S/C44H50Si.Zr/c1-7-11-15-31-21-25-35(26-22-31)39-19-13-17-37-29-33(9-3)43(41(37)39)45(5,6)44-34(10-4)30-38-18-14-20-40(42(38)44)36-27-23-32(24-28-36)16-12-8-2;/h13-14,17-30H,7-12,15-16H2,1-6H3;. The van der Waals surface area contributed by atoms with Crippen LogP contribution >= 0.6 is 0 Å². The molecule has 0 saturated heterocycles. The molecule has 2 heteroatoms. The van der Waals surface area contributed by atoms with Crippen LogP contribution in [0, 0.1) is 0 Å². The zero-order valence-electron chi connectivity index (χ0n) is 28.9. The fourth-order valence-electron chi connectivity index (χ4n) is 8.97. The van der Waals surface area contributed by atoms with Crippen molar-refractivity contribution in [2.75, 3.05) is 0 Å². The first-order valence-electron chi connectivity index (χ1n) is 18.1. The van der Waals surface area contributed by atoms with Crippen LogP contribution in [0.15, 0.2) is 96.1 Å². The van der Waals surface area contributed by atoms with Gasteiger partial charge in [0.05, 0.1) is 0 Å². The van der Waals surface area contributed by atoms with Gasteiger partial charge >= 0.3 is 293 Å². The molecule has 0 radical (unpaired) electrons. The molecule has 234 valence electrons. The van der Waals surface area contributed by atoms with Gasteiger partial charge in [0.1, 0.15) is 0 Å². The summed E-state index contributed by atoms with van der Waals surface area (Å²) in [7, 11) is -2.12. The van der Waals surface area contributed by atoms with Gasteiger partial charge in [-0.1, -0.05) is 0 Å². The van der Waals surface area contributed by atoms with Crippen molar-refractivity contribution >= 4 is 18.5 Å². The van der Waals surface area contributed by atoms with Crippen LogP contribution in [0.4, 0.5) is 0 Å². The zero-order chi connectivity index (χ0) is 32.0. The molecule has 0 amide bonds. The molecule has 0 aromatic heterocycles. The topological polar surface area (TPSA) is 0 Å². The maximum absolute atomic E-state index is 2.72. The molecular weight excluding hydrogens is 648 g/mol. The van der Waals surface area contributed by atoms with Crippen LogP contribution in [0.2, 0.25) is 13.1 Å². The van der Waals surface area contributed by atoms with Gasteiger partial charge in [-0.25, -0.2) is 0 Å². The van der Waals surface area contributed by atoms with Gasteiger partial charge in [-0.15, -0.1) is 0 Å². The van der Waals surface area contributed by atoms with Crippen molar-refractivity contribution in [3.63, 3.8) is 0 Å². The minimum absolute atomic E-state index is 0.676. The SMILES string of the molecule is CCCCc1ccc(-c2cccc3c2C2=C(CC)[CH]3[Zr][CH]3C(CC)=C(c4c(-c5ccc(CCCC)cc5)cccc43)[Si]2(C)C)cc1. The van der Waals surface area contributed by atoms with E-state index in [-0.39, 0.29) is 0 Å². The van der Waals surface area contributed by atoms with Crippen molar-refractivity contribution in [2.24, 2.45) is 0 Å². The molecule has 2 unspecified atom stereocenters. The third-order valence-electron chi connectivity index (χ3n) is 11.2. The third kappa shape index (κ3) is 5.27. The monoisotopic (exact) mass is 696 g/mol. The summed E-state index contributed by atoms with van der Waals surface area (Å²) in [5, 5.41) is 3.58. The van der Waals surface area contributed by atoms with Crippen molar-refractivity contribution in [2.45, 2.75) is 99.4 Å². The van der Waals surface area contributed by atoms with E-state index in [4.69, 9.17) is 0 Å². The fourth-order valence-corrected chi connectivity index (χ4v) is 19.6. The average Bonchev–Trinajstić information content (AvgIpc) is 3.61. The van der Waals surface area contributed by atoms with Gasteiger partial charge in [-0.05, 0) is 0 Å². The quantitative estimate of drug-likeness (QED) is 0.145. The predicted molar refractivity (Wildman–Crippen MR) is 198 cm³/mol. The molecule has 0 nitrogen and oxygen atoms in total. The van der Waals surface area contributed by atoms with Gasteiger partial charge < -0.3 is 0 Å². The Morgan fingerprint density at radius 2 is 0.957 bits per heavy atom. The summed E-state index contributed by atoms with van der Waals surface area (Å²) in [6.07, 6.45) is 9.77. The molecule has 2 atom stereocenters. The van der Waals surface area contributed by atoms with Crippen molar-refractivity contribution in [3.8, 4) is 22.3 Å². The molecule has 4 aromatic carbocycles. The molecular formula is C44H50SiZr. The average molecular weight is 698 g/mol. The van der Waals surface area contributed by atoms with Crippen LogP contribution in [-0.4, -0.2) is 8.07 Å². The summed E-state index contributed by atoms with van der Waals surface area (Å²) < 4.78 is 1.35. The molecule has 2 aliphatic carbocycles. The summed E-state index contributed by atoms with van der Waals surface area (Å²) >= 11 is -0.926. The maximum atomic E-state index is 2.72. The van der Waals surface area contributed by atoms with Gasteiger partial charge in [-0.2, -0.15) is 0 Å². The Bertz CT molecular complexity index is 1690. The fraction of sp³-hybridized carbons (Fsp3) is 0.364. The number of aryl methyl sites for hydroxylation is 2. The molecule has 46 heavy (non-hydrogen) atoms. The molecule has 1 aliphatic heterocycles. The molecule has 0 N–H and O–H groups in total. The van der Waals surface area contributed by atoms with Gasteiger partial charge in [-0.3, -0.25) is 0 Å². The van der Waals surface area contributed by atoms with Crippen molar-refractivity contribution in [3.05, 3.63) is 129 Å². The third-order valence-corrected chi connectivity index (χ3v) is 19.7. The van der Waals surface area contributed by atoms with Gasteiger partial charge in [0.2, 0.25) is 0 Å². The minimum atomic E-state index is -2.12. The second-order valence-corrected chi connectivity index (χ2v) is 22.2. The molecule has 0 spiro atoms. The molecule has 3 aliphatic rings. The van der Waals surface area contributed by atoms with Crippen LogP contribution < -0.4 is 0 Å². The Kier molecular flexibility index (Phi) is 9.17. The second kappa shape index (κ2) is 13.2. The van der Waals surface area contributed by atoms with E-state index in [2.05, 4.69) is 126 Å². The Balaban J connectivity index is 1.40. The summed E-state index contributed by atoms with van der Waals surface area (Å²) in [5.41, 5.74) is 19.0. The number of fused-ring (bicyclic) bond motifs is 8. The van der Waals surface area contributed by atoms with Gasteiger partial charge in [0, 0.05) is 0 Å². The van der Waals surface area contributed by atoms with E-state index < -0.39 is 31.3 Å². The Morgan fingerprint density at radius 1 is 0.543 bits per heavy atom. The Hall–Kier alpha value is -2.54. The van der Waals surface area contributed by atoms with Crippen molar-refractivity contribution in [1.82, 2.24) is 0 Å². The van der Waals surface area contributed by atoms with E-state index in [9.17, 15) is 0 Å². The predicted octanol–water partition coefficient (Wildman–Crippen LogP) is 12.7. The number of hydrogen-bond donors (Lipinski definition) is 0. The van der Waals surface area contributed by atoms with Crippen LogP contribution in [0.25, 0.3) is 32.6 Å². The molecule has 1 heterocycles. The first-order chi connectivity index (χ1) is 22.4. The molecule has 7 rings (SSSR count). The number of rotatable bonds is 10. The number of unbranched alkanes of at least 4 members (excludes halogenated alkanes) is 2. The first-order valence-corrected chi connectivity index (χ1v) is 23.9. The Morgan fingerprint density at radius 3 is 1.33 bits per heavy atom. The van der Waals surface area contributed by atoms with E-state index in [0.717, 1.165) is 0 Å². The van der Waals surface area contributed by atoms with E-state index in [1.54, 1.807) is 32.6 Å². The second-order valence-electron chi connectivity index (χ2n) is 14.3. The van der Waals surface area contributed by atoms with Crippen molar-refractivity contribution < 1.29 is 23.2 Å². The summed E-state index contributed by atoms with van der Waals surface area (Å²) in [4.78, 5) is 0. The van der Waals surface area contributed by atoms with Crippen LogP contribution in [0.5, 0.6) is 0 Å². The Labute approximate surface area is 291 Å². The van der Waals surface area contributed by atoms with Crippen LogP contribution in [0.1, 0.15) is 107 Å². The summed E-state index contributed by atoms with van der Waals surface area (Å²) in [6.45, 7) is 14.9. The summed E-state index contributed by atoms with van der Waals surface area (Å²) in [6, 6.07) is 34.0. The molecule has 4 bridgehead atoms.